The van der Waals surface area contributed by atoms with E-state index in [1.54, 1.807) is 23.2 Å². The van der Waals surface area contributed by atoms with Crippen LogP contribution in [0.3, 0.4) is 0 Å². The average Bonchev–Trinajstić information content (AvgIpc) is 3.31. The largest absolute Gasteiger partial charge is 0.388 e. The van der Waals surface area contributed by atoms with Crippen molar-refractivity contribution < 1.29 is 9.90 Å². The zero-order valence-corrected chi connectivity index (χ0v) is 17.6. The Labute approximate surface area is 185 Å². The summed E-state index contributed by atoms with van der Waals surface area (Å²) in [5, 5.41) is 15.3. The van der Waals surface area contributed by atoms with Crippen LogP contribution in [0, 0.1) is 0 Å². The van der Waals surface area contributed by atoms with Gasteiger partial charge in [-0.1, -0.05) is 42.5 Å². The molecule has 4 aromatic rings. The van der Waals surface area contributed by atoms with Gasteiger partial charge < -0.3 is 10.0 Å². The highest BCUT2D eigenvalue weighted by Gasteiger charge is 2.35. The number of aromatic nitrogens is 3. The van der Waals surface area contributed by atoms with Crippen molar-refractivity contribution >= 4 is 11.4 Å². The summed E-state index contributed by atoms with van der Waals surface area (Å²) in [5.74, 6) is -0.0433. The van der Waals surface area contributed by atoms with E-state index in [-0.39, 0.29) is 18.0 Å². The van der Waals surface area contributed by atoms with Crippen LogP contribution in [0.2, 0.25) is 0 Å². The first-order chi connectivity index (χ1) is 15.5. The topological polar surface area (TPSA) is 79.8 Å². The third-order valence-corrected chi connectivity index (χ3v) is 6.19. The van der Waals surface area contributed by atoms with Crippen molar-refractivity contribution in [2.24, 2.45) is 0 Å². The number of piperidine rings is 1. The number of carbonyl (C=O) groups is 1. The molecule has 1 amide bonds. The molecule has 162 valence electrons. The lowest BCUT2D eigenvalue weighted by Gasteiger charge is -2.38. The fourth-order valence-electron chi connectivity index (χ4n) is 4.32. The van der Waals surface area contributed by atoms with Gasteiger partial charge in [-0.05, 0) is 48.2 Å². The van der Waals surface area contributed by atoms with Gasteiger partial charge in [0.1, 0.15) is 11.8 Å². The van der Waals surface area contributed by atoms with Crippen molar-refractivity contribution in [2.75, 3.05) is 13.1 Å². The summed E-state index contributed by atoms with van der Waals surface area (Å²) in [6.45, 7) is 1.02. The minimum absolute atomic E-state index is 0.0433. The molecule has 0 spiro atoms. The minimum Gasteiger partial charge on any atom is -0.388 e. The van der Waals surface area contributed by atoms with Crippen LogP contribution in [-0.4, -0.2) is 48.8 Å². The molecule has 1 aliphatic rings. The molecular weight excluding hydrogens is 404 g/mol. The van der Waals surface area contributed by atoms with Crippen LogP contribution in [0.4, 0.5) is 0 Å². The van der Waals surface area contributed by atoms with Crippen LogP contribution in [0.15, 0.2) is 84.0 Å². The Morgan fingerprint density at radius 1 is 0.969 bits per heavy atom. The summed E-state index contributed by atoms with van der Waals surface area (Å²) in [7, 11) is 0. The smallest absolute Gasteiger partial charge is 0.277 e. The summed E-state index contributed by atoms with van der Waals surface area (Å²) in [5.41, 5.74) is 1.93. The lowest BCUT2D eigenvalue weighted by molar-refractivity contribution is -0.0300. The molecule has 32 heavy (non-hydrogen) atoms. The summed E-state index contributed by atoms with van der Waals surface area (Å²) < 4.78 is 2.98. The van der Waals surface area contributed by atoms with E-state index in [1.165, 1.54) is 15.4 Å². The third-order valence-electron chi connectivity index (χ3n) is 6.19. The molecule has 7 nitrogen and oxygen atoms in total. The molecule has 1 fully saturated rings. The predicted octanol–water partition coefficient (Wildman–Crippen LogP) is 2.83. The van der Waals surface area contributed by atoms with Gasteiger partial charge in [0.05, 0.1) is 12.1 Å². The van der Waals surface area contributed by atoms with E-state index >= 15 is 0 Å². The van der Waals surface area contributed by atoms with E-state index < -0.39 is 5.60 Å². The number of amides is 1. The standard InChI is InChI=1S/C25H24N4O3/c30-23(21-9-4-8-20(16-21)19-6-2-1-3-7-19)27-14-11-25(32,12-15-27)17-28-18-26-29-13-5-10-22(29)24(28)31/h1-10,13,16,18,32H,11-12,14-15,17H2. The van der Waals surface area contributed by atoms with E-state index in [0.29, 0.717) is 37.0 Å². The summed E-state index contributed by atoms with van der Waals surface area (Å²) in [6.07, 6.45) is 3.97. The number of carbonyl (C=O) groups excluding carboxylic acids is 1. The Morgan fingerprint density at radius 2 is 1.72 bits per heavy atom. The summed E-state index contributed by atoms with van der Waals surface area (Å²) >= 11 is 0. The molecular formula is C25H24N4O3. The van der Waals surface area contributed by atoms with Crippen LogP contribution in [0.1, 0.15) is 23.2 Å². The van der Waals surface area contributed by atoms with Crippen molar-refractivity contribution in [2.45, 2.75) is 25.0 Å². The van der Waals surface area contributed by atoms with Crippen molar-refractivity contribution in [3.05, 3.63) is 95.2 Å². The Kier molecular flexibility index (Phi) is 5.11. The molecule has 0 radical (unpaired) electrons. The van der Waals surface area contributed by atoms with E-state index in [4.69, 9.17) is 0 Å². The number of hydrogen-bond acceptors (Lipinski definition) is 4. The number of nitrogens with zero attached hydrogens (tertiary/aromatic N) is 4. The molecule has 7 heteroatoms. The molecule has 3 heterocycles. The number of aliphatic hydroxyl groups is 1. The highest BCUT2D eigenvalue weighted by atomic mass is 16.3. The van der Waals surface area contributed by atoms with Gasteiger partial charge in [0.2, 0.25) is 0 Å². The maximum atomic E-state index is 13.1. The molecule has 0 aliphatic carbocycles. The first-order valence-electron chi connectivity index (χ1n) is 10.7. The van der Waals surface area contributed by atoms with Crippen molar-refractivity contribution in [1.29, 1.82) is 0 Å². The number of likely N-dealkylation sites (tertiary alicyclic amines) is 1. The van der Waals surface area contributed by atoms with Crippen molar-refractivity contribution in [3.8, 4) is 11.1 Å². The lowest BCUT2D eigenvalue weighted by atomic mass is 9.90. The second-order valence-electron chi connectivity index (χ2n) is 8.37. The fraction of sp³-hybridized carbons (Fsp3) is 0.240. The van der Waals surface area contributed by atoms with E-state index in [2.05, 4.69) is 5.10 Å². The molecule has 2 aromatic carbocycles. The van der Waals surface area contributed by atoms with Crippen LogP contribution in [0.5, 0.6) is 0 Å². The van der Waals surface area contributed by atoms with E-state index in [1.807, 2.05) is 54.6 Å². The molecule has 2 aromatic heterocycles. The van der Waals surface area contributed by atoms with E-state index in [0.717, 1.165) is 11.1 Å². The molecule has 1 aliphatic heterocycles. The second-order valence-corrected chi connectivity index (χ2v) is 8.37. The molecule has 0 bridgehead atoms. The molecule has 1 N–H and O–H groups in total. The number of hydrogen-bond donors (Lipinski definition) is 1. The zero-order valence-electron chi connectivity index (χ0n) is 17.6. The normalized spacial score (nSPS) is 15.7. The Bertz CT molecular complexity index is 1320. The maximum Gasteiger partial charge on any atom is 0.277 e. The van der Waals surface area contributed by atoms with Gasteiger partial charge in [0, 0.05) is 24.8 Å². The molecule has 0 atom stereocenters. The quantitative estimate of drug-likeness (QED) is 0.542. The SMILES string of the molecule is O=C(c1cccc(-c2ccccc2)c1)N1CCC(O)(Cn2cnn3cccc3c2=O)CC1. The van der Waals surface area contributed by atoms with Gasteiger partial charge in [0.15, 0.2) is 0 Å². The van der Waals surface area contributed by atoms with Gasteiger partial charge in [-0.25, -0.2) is 4.52 Å². The second kappa shape index (κ2) is 8.09. The first-order valence-corrected chi connectivity index (χ1v) is 10.7. The minimum atomic E-state index is -1.06. The van der Waals surface area contributed by atoms with Crippen LogP contribution in [-0.2, 0) is 6.54 Å². The van der Waals surface area contributed by atoms with Crippen LogP contribution in [0.25, 0.3) is 16.6 Å². The lowest BCUT2D eigenvalue weighted by Crippen LogP contribution is -2.49. The monoisotopic (exact) mass is 428 g/mol. The molecule has 0 saturated carbocycles. The Morgan fingerprint density at radius 3 is 2.50 bits per heavy atom. The number of fused-ring (bicyclic) bond motifs is 1. The molecule has 0 unspecified atom stereocenters. The van der Waals surface area contributed by atoms with Gasteiger partial charge in [0.25, 0.3) is 11.5 Å². The summed E-state index contributed by atoms with van der Waals surface area (Å²) in [6, 6.07) is 21.1. The maximum absolute atomic E-state index is 13.1. The van der Waals surface area contributed by atoms with Crippen molar-refractivity contribution in [1.82, 2.24) is 19.1 Å². The first kappa shape index (κ1) is 20.2. The Hall–Kier alpha value is -3.71. The Balaban J connectivity index is 1.28. The third kappa shape index (κ3) is 3.83. The molecule has 1 saturated heterocycles. The average molecular weight is 428 g/mol. The zero-order chi connectivity index (χ0) is 22.1. The van der Waals surface area contributed by atoms with Gasteiger partial charge in [-0.15, -0.1) is 0 Å². The van der Waals surface area contributed by atoms with E-state index in [9.17, 15) is 14.7 Å². The van der Waals surface area contributed by atoms with Gasteiger partial charge in [-0.3, -0.25) is 14.2 Å². The predicted molar refractivity (Wildman–Crippen MR) is 121 cm³/mol. The number of benzene rings is 2. The van der Waals surface area contributed by atoms with Crippen LogP contribution >= 0.6 is 0 Å². The summed E-state index contributed by atoms with van der Waals surface area (Å²) in [4.78, 5) is 27.5. The fourth-order valence-corrected chi connectivity index (χ4v) is 4.32. The van der Waals surface area contributed by atoms with Gasteiger partial charge >= 0.3 is 0 Å². The van der Waals surface area contributed by atoms with Crippen molar-refractivity contribution in [3.63, 3.8) is 0 Å². The molecule has 5 rings (SSSR count). The van der Waals surface area contributed by atoms with Crippen LogP contribution < -0.4 is 5.56 Å². The van der Waals surface area contributed by atoms with Gasteiger partial charge in [-0.2, -0.15) is 5.10 Å². The highest BCUT2D eigenvalue weighted by molar-refractivity contribution is 5.95. The number of rotatable bonds is 4. The highest BCUT2D eigenvalue weighted by Crippen LogP contribution is 2.26.